The number of nitrogens with zero attached hydrogens (tertiary/aromatic N) is 2. The van der Waals surface area contributed by atoms with E-state index in [0.29, 0.717) is 77.5 Å². The summed E-state index contributed by atoms with van der Waals surface area (Å²) < 4.78 is 40.8. The molecule has 0 aromatic rings. The molecule has 0 amide bonds. The summed E-state index contributed by atoms with van der Waals surface area (Å²) >= 11 is 0. The topological polar surface area (TPSA) is 149 Å². The second kappa shape index (κ2) is 31.2. The van der Waals surface area contributed by atoms with E-state index >= 15 is 0 Å². The summed E-state index contributed by atoms with van der Waals surface area (Å²) in [5.74, 6) is 0.850. The third-order valence-electron chi connectivity index (χ3n) is 8.36. The first-order valence-corrected chi connectivity index (χ1v) is 20.0. The lowest BCUT2D eigenvalue weighted by Crippen LogP contribution is -2.42. The lowest BCUT2D eigenvalue weighted by molar-refractivity contribution is -0.132. The molecule has 2 saturated heterocycles. The van der Waals surface area contributed by atoms with Crippen molar-refractivity contribution in [3.8, 4) is 0 Å². The van der Waals surface area contributed by atoms with Gasteiger partial charge in [0.1, 0.15) is 13.2 Å². The van der Waals surface area contributed by atoms with Gasteiger partial charge in [0, 0.05) is 62.1 Å². The zero-order valence-electron chi connectivity index (χ0n) is 37.9. The molecule has 0 aliphatic carbocycles. The predicted molar refractivity (Wildman–Crippen MR) is 219 cm³/mol. The highest BCUT2D eigenvalue weighted by molar-refractivity contribution is 5.86. The second-order valence-corrected chi connectivity index (χ2v) is 17.8. The van der Waals surface area contributed by atoms with Crippen LogP contribution in [-0.2, 0) is 57.1 Å². The van der Waals surface area contributed by atoms with Gasteiger partial charge in [-0.05, 0) is 0 Å². The van der Waals surface area contributed by atoms with Gasteiger partial charge in [-0.2, -0.15) is 0 Å². The Morgan fingerprint density at radius 1 is 0.411 bits per heavy atom. The molecule has 0 bridgehead atoms. The van der Waals surface area contributed by atoms with Crippen molar-refractivity contribution in [1.82, 2.24) is 9.80 Å². The maximum atomic E-state index is 11.7. The molecule has 0 N–H and O–H groups in total. The molecule has 56 heavy (non-hydrogen) atoms. The lowest BCUT2D eigenvalue weighted by atomic mass is 9.90. The van der Waals surface area contributed by atoms with Gasteiger partial charge in [0.05, 0.1) is 92.4 Å². The van der Waals surface area contributed by atoms with E-state index in [-0.39, 0.29) is 46.4 Å². The SMILES string of the molecule is CC(C)(C)C(=O)CN1CCOCC1.CC(C)(C)C(=O)CN1CCOCC1.COCCOCCOCC(=O)C(C)(C)C.COCCOCCOCC(=O)C(C)(C)C. The molecule has 2 rings (SSSR count). The number of ether oxygens (including phenoxy) is 8. The molecule has 2 aliphatic heterocycles. The highest BCUT2D eigenvalue weighted by Gasteiger charge is 2.25. The van der Waals surface area contributed by atoms with Crippen LogP contribution >= 0.6 is 0 Å². The molecular weight excluding hydrogens is 724 g/mol. The smallest absolute Gasteiger partial charge is 0.163 e. The van der Waals surface area contributed by atoms with Crippen LogP contribution in [0, 0.1) is 21.7 Å². The standard InChI is InChI=1S/2C11H22O4.2C10H19NO2/c2*1-11(2,3)10(12)9-15-8-7-14-6-5-13-4;2*1-10(2,3)9(12)8-11-4-6-13-7-5-11/h2*5-9H2,1-4H3;2*4-8H2,1-3H3. The minimum absolute atomic E-state index is 0.111. The number of ketones is 4. The van der Waals surface area contributed by atoms with Crippen molar-refractivity contribution in [2.75, 3.05) is 146 Å². The Bertz CT molecular complexity index is 948. The van der Waals surface area contributed by atoms with Gasteiger partial charge in [-0.1, -0.05) is 83.1 Å². The van der Waals surface area contributed by atoms with Gasteiger partial charge in [-0.3, -0.25) is 29.0 Å². The van der Waals surface area contributed by atoms with Crippen molar-refractivity contribution in [3.05, 3.63) is 0 Å². The van der Waals surface area contributed by atoms with Gasteiger partial charge >= 0.3 is 0 Å². The Kier molecular flexibility index (Phi) is 31.4. The number of carbonyl (C=O) groups is 4. The van der Waals surface area contributed by atoms with Crippen LogP contribution in [-0.4, -0.2) is 179 Å². The van der Waals surface area contributed by atoms with Crippen LogP contribution in [0.15, 0.2) is 0 Å². The van der Waals surface area contributed by atoms with Crippen LogP contribution in [0.3, 0.4) is 0 Å². The molecule has 2 heterocycles. The normalized spacial score (nSPS) is 15.7. The van der Waals surface area contributed by atoms with E-state index in [9.17, 15) is 19.2 Å². The zero-order chi connectivity index (χ0) is 43.3. The number of rotatable bonds is 20. The number of carbonyl (C=O) groups excluding carboxylic acids is 4. The zero-order valence-corrected chi connectivity index (χ0v) is 37.9. The Labute approximate surface area is 340 Å². The first-order valence-electron chi connectivity index (χ1n) is 20.0. The summed E-state index contributed by atoms with van der Waals surface area (Å²) in [6, 6.07) is 0. The Morgan fingerprint density at radius 2 is 0.661 bits per heavy atom. The molecule has 0 aromatic heterocycles. The van der Waals surface area contributed by atoms with Gasteiger partial charge in [0.15, 0.2) is 23.1 Å². The third kappa shape index (κ3) is 33.3. The minimum atomic E-state index is -0.323. The molecule has 14 nitrogen and oxygen atoms in total. The van der Waals surface area contributed by atoms with E-state index in [4.69, 9.17) is 37.9 Å². The second-order valence-electron chi connectivity index (χ2n) is 17.8. The highest BCUT2D eigenvalue weighted by atomic mass is 16.5. The number of Topliss-reactive ketones (excluding diaryl/α,β-unsaturated/α-hetero) is 4. The molecule has 0 spiro atoms. The fraction of sp³-hybridized carbons (Fsp3) is 0.905. The van der Waals surface area contributed by atoms with Crippen molar-refractivity contribution in [2.24, 2.45) is 21.7 Å². The van der Waals surface area contributed by atoms with E-state index in [1.807, 2.05) is 83.1 Å². The summed E-state index contributed by atoms with van der Waals surface area (Å²) in [6.45, 7) is 35.4. The monoisotopic (exact) mass is 807 g/mol. The Morgan fingerprint density at radius 3 is 0.911 bits per heavy atom. The van der Waals surface area contributed by atoms with E-state index in [0.717, 1.165) is 52.6 Å². The molecular formula is C42H82N2O12. The Balaban J connectivity index is 0. The fourth-order valence-electron chi connectivity index (χ4n) is 3.89. The average molecular weight is 807 g/mol. The minimum Gasteiger partial charge on any atom is -0.382 e. The molecule has 14 heteroatoms. The van der Waals surface area contributed by atoms with Gasteiger partial charge < -0.3 is 37.9 Å². The number of hydrogen-bond donors (Lipinski definition) is 0. The molecule has 0 radical (unpaired) electrons. The summed E-state index contributed by atoms with van der Waals surface area (Å²) in [4.78, 5) is 50.5. The lowest BCUT2D eigenvalue weighted by Gasteiger charge is -2.28. The van der Waals surface area contributed by atoms with Crippen LogP contribution in [0.25, 0.3) is 0 Å². The molecule has 2 aliphatic rings. The number of morpholine rings is 2. The quantitative estimate of drug-likeness (QED) is 0.160. The van der Waals surface area contributed by atoms with E-state index < -0.39 is 0 Å². The van der Waals surface area contributed by atoms with Crippen molar-refractivity contribution in [1.29, 1.82) is 0 Å². The van der Waals surface area contributed by atoms with Crippen molar-refractivity contribution >= 4 is 23.1 Å². The molecule has 332 valence electrons. The number of methoxy groups -OCH3 is 2. The summed E-state index contributed by atoms with van der Waals surface area (Å²) in [7, 11) is 3.25. The largest absolute Gasteiger partial charge is 0.382 e. The number of hydrogen-bond acceptors (Lipinski definition) is 14. The van der Waals surface area contributed by atoms with Crippen LogP contribution < -0.4 is 0 Å². The fourth-order valence-corrected chi connectivity index (χ4v) is 3.89. The van der Waals surface area contributed by atoms with E-state index in [1.54, 1.807) is 14.2 Å². The van der Waals surface area contributed by atoms with Crippen molar-refractivity contribution in [3.63, 3.8) is 0 Å². The molecule has 0 aromatic carbocycles. The van der Waals surface area contributed by atoms with Crippen LogP contribution in [0.1, 0.15) is 83.1 Å². The van der Waals surface area contributed by atoms with Gasteiger partial charge in [0.25, 0.3) is 0 Å². The summed E-state index contributed by atoms with van der Waals surface area (Å²) in [6.07, 6.45) is 0. The van der Waals surface area contributed by atoms with Gasteiger partial charge in [0.2, 0.25) is 0 Å². The summed E-state index contributed by atoms with van der Waals surface area (Å²) in [5.41, 5.74) is -1.07. The predicted octanol–water partition coefficient (Wildman–Crippen LogP) is 4.43. The Hall–Kier alpha value is -1.72. The van der Waals surface area contributed by atoms with Gasteiger partial charge in [-0.25, -0.2) is 0 Å². The maximum Gasteiger partial charge on any atom is 0.163 e. The van der Waals surface area contributed by atoms with Gasteiger partial charge in [-0.15, -0.1) is 0 Å². The van der Waals surface area contributed by atoms with Crippen LogP contribution in [0.2, 0.25) is 0 Å². The summed E-state index contributed by atoms with van der Waals surface area (Å²) in [5, 5.41) is 0. The van der Waals surface area contributed by atoms with E-state index in [2.05, 4.69) is 9.80 Å². The molecule has 0 atom stereocenters. The third-order valence-corrected chi connectivity index (χ3v) is 8.36. The molecule has 2 fully saturated rings. The maximum absolute atomic E-state index is 11.7. The first-order chi connectivity index (χ1) is 26.0. The van der Waals surface area contributed by atoms with Crippen molar-refractivity contribution in [2.45, 2.75) is 83.1 Å². The average Bonchev–Trinajstić information content (AvgIpc) is 3.11. The molecule has 0 unspecified atom stereocenters. The van der Waals surface area contributed by atoms with Crippen LogP contribution in [0.4, 0.5) is 0 Å². The molecule has 0 saturated carbocycles. The van der Waals surface area contributed by atoms with Crippen LogP contribution in [0.5, 0.6) is 0 Å². The first kappa shape index (κ1) is 56.4. The van der Waals surface area contributed by atoms with Crippen molar-refractivity contribution < 1.29 is 57.1 Å². The highest BCUT2D eigenvalue weighted by Crippen LogP contribution is 2.17. The van der Waals surface area contributed by atoms with E-state index in [1.165, 1.54) is 0 Å².